The van der Waals surface area contributed by atoms with Crippen molar-refractivity contribution in [2.24, 2.45) is 0 Å². The normalized spacial score (nSPS) is 11.0. The molecule has 2 heterocycles. The number of hydrogen-bond donors (Lipinski definition) is 1. The van der Waals surface area contributed by atoms with Crippen molar-refractivity contribution in [2.75, 3.05) is 0 Å². The second-order valence-corrected chi connectivity index (χ2v) is 6.05. The van der Waals surface area contributed by atoms with Crippen molar-refractivity contribution in [3.8, 4) is 5.75 Å². The van der Waals surface area contributed by atoms with Gasteiger partial charge in [0.05, 0.1) is 5.52 Å². The Hall–Kier alpha value is -2.53. The molecule has 0 saturated carbocycles. The van der Waals surface area contributed by atoms with Gasteiger partial charge in [-0.3, -0.25) is 9.78 Å². The third-order valence-electron chi connectivity index (χ3n) is 4.06. The molecular weight excluding hydrogens is 328 g/mol. The number of carboxylic acids is 1. The molecule has 0 unspecified atom stereocenters. The van der Waals surface area contributed by atoms with Gasteiger partial charge in [0.2, 0.25) is 0 Å². The number of aliphatic carboxylic acids is 1. The minimum Gasteiger partial charge on any atom is -0.487 e. The van der Waals surface area contributed by atoms with Gasteiger partial charge in [0, 0.05) is 23.0 Å². The quantitative estimate of drug-likeness (QED) is 0.760. The maximum absolute atomic E-state index is 11.2. The molecule has 0 radical (unpaired) electrons. The summed E-state index contributed by atoms with van der Waals surface area (Å²) >= 11 is 5.89. The molecular formula is C18H17ClN2O3. The van der Waals surface area contributed by atoms with Gasteiger partial charge in [-0.05, 0) is 37.1 Å². The Morgan fingerprint density at radius 1 is 1.25 bits per heavy atom. The van der Waals surface area contributed by atoms with Gasteiger partial charge >= 0.3 is 5.97 Å². The lowest BCUT2D eigenvalue weighted by Gasteiger charge is -2.11. The zero-order valence-corrected chi connectivity index (χ0v) is 14.2. The summed E-state index contributed by atoms with van der Waals surface area (Å²) in [5.41, 5.74) is 4.30. The number of halogens is 1. The number of hydrogen-bond acceptors (Lipinski definition) is 3. The molecule has 124 valence electrons. The zero-order chi connectivity index (χ0) is 17.3. The highest BCUT2D eigenvalue weighted by atomic mass is 35.5. The highest BCUT2D eigenvalue weighted by molar-refractivity contribution is 6.30. The molecule has 2 aromatic heterocycles. The molecule has 0 atom stereocenters. The van der Waals surface area contributed by atoms with Gasteiger partial charge in [-0.15, -0.1) is 0 Å². The molecule has 6 heteroatoms. The Bertz CT molecular complexity index is 901. The van der Waals surface area contributed by atoms with Crippen LogP contribution in [0.4, 0.5) is 0 Å². The largest absolute Gasteiger partial charge is 0.487 e. The topological polar surface area (TPSA) is 64.4 Å². The Kier molecular flexibility index (Phi) is 4.44. The van der Waals surface area contributed by atoms with Crippen LogP contribution in [0.3, 0.4) is 0 Å². The number of carboxylic acid groups (broad SMARTS) is 1. The summed E-state index contributed by atoms with van der Waals surface area (Å²) in [6.07, 6.45) is 1.68. The van der Waals surface area contributed by atoms with Crippen LogP contribution in [0.2, 0.25) is 5.02 Å². The Morgan fingerprint density at radius 2 is 1.96 bits per heavy atom. The fourth-order valence-corrected chi connectivity index (χ4v) is 2.83. The monoisotopic (exact) mass is 344 g/mol. The number of carbonyl (C=O) groups is 1. The van der Waals surface area contributed by atoms with Crippen LogP contribution >= 0.6 is 11.6 Å². The molecule has 1 N–H and O–H groups in total. The second kappa shape index (κ2) is 6.53. The predicted octanol–water partition coefficient (Wildman–Crippen LogP) is 3.97. The predicted molar refractivity (Wildman–Crippen MR) is 92.6 cm³/mol. The van der Waals surface area contributed by atoms with Crippen molar-refractivity contribution in [3.63, 3.8) is 0 Å². The van der Waals surface area contributed by atoms with Crippen LogP contribution in [-0.2, 0) is 17.9 Å². The third-order valence-corrected chi connectivity index (χ3v) is 4.31. The molecule has 0 aliphatic carbocycles. The molecule has 0 spiro atoms. The van der Waals surface area contributed by atoms with Crippen molar-refractivity contribution in [2.45, 2.75) is 27.0 Å². The summed E-state index contributed by atoms with van der Waals surface area (Å²) in [7, 11) is 0. The van der Waals surface area contributed by atoms with Crippen LogP contribution in [0, 0.1) is 13.8 Å². The lowest BCUT2D eigenvalue weighted by molar-refractivity contribution is -0.137. The van der Waals surface area contributed by atoms with E-state index in [4.69, 9.17) is 16.3 Å². The van der Waals surface area contributed by atoms with Crippen LogP contribution in [0.1, 0.15) is 16.8 Å². The van der Waals surface area contributed by atoms with Gasteiger partial charge in [0.25, 0.3) is 0 Å². The van der Waals surface area contributed by atoms with Crippen LogP contribution in [-0.4, -0.2) is 20.6 Å². The molecule has 0 amide bonds. The summed E-state index contributed by atoms with van der Waals surface area (Å²) in [4.78, 5) is 15.6. The first kappa shape index (κ1) is 16.3. The van der Waals surface area contributed by atoms with Crippen molar-refractivity contribution in [1.82, 2.24) is 9.55 Å². The molecule has 0 saturated heterocycles. The number of aryl methyl sites for hydroxylation is 1. The fraction of sp³-hybridized carbons (Fsp3) is 0.222. The van der Waals surface area contributed by atoms with E-state index in [1.165, 1.54) is 0 Å². The minimum atomic E-state index is -0.900. The summed E-state index contributed by atoms with van der Waals surface area (Å²) in [6.45, 7) is 4.07. The Labute approximate surface area is 144 Å². The Balaban J connectivity index is 1.99. The number of fused-ring (bicyclic) bond motifs is 1. The molecule has 5 nitrogen and oxygen atoms in total. The van der Waals surface area contributed by atoms with E-state index in [0.717, 1.165) is 22.3 Å². The average molecular weight is 345 g/mol. The second-order valence-electron chi connectivity index (χ2n) is 5.61. The van der Waals surface area contributed by atoms with E-state index in [-0.39, 0.29) is 6.54 Å². The van der Waals surface area contributed by atoms with E-state index in [0.29, 0.717) is 22.9 Å². The van der Waals surface area contributed by atoms with Gasteiger partial charge in [-0.25, -0.2) is 0 Å². The maximum atomic E-state index is 11.2. The highest BCUT2D eigenvalue weighted by Crippen LogP contribution is 2.31. The summed E-state index contributed by atoms with van der Waals surface area (Å²) < 4.78 is 7.67. The van der Waals surface area contributed by atoms with Gasteiger partial charge in [0.15, 0.2) is 0 Å². The lowest BCUT2D eigenvalue weighted by atomic mass is 10.2. The number of pyridine rings is 1. The van der Waals surface area contributed by atoms with Crippen molar-refractivity contribution in [3.05, 3.63) is 58.4 Å². The molecule has 0 fully saturated rings. The third kappa shape index (κ3) is 3.08. The van der Waals surface area contributed by atoms with E-state index in [1.54, 1.807) is 16.8 Å². The van der Waals surface area contributed by atoms with Crippen molar-refractivity contribution >= 4 is 28.6 Å². The van der Waals surface area contributed by atoms with Crippen LogP contribution in [0.5, 0.6) is 5.75 Å². The first-order chi connectivity index (χ1) is 11.5. The Morgan fingerprint density at radius 3 is 2.62 bits per heavy atom. The van der Waals surface area contributed by atoms with E-state index < -0.39 is 5.97 Å². The first-order valence-corrected chi connectivity index (χ1v) is 7.88. The van der Waals surface area contributed by atoms with Crippen LogP contribution in [0.25, 0.3) is 11.0 Å². The number of ether oxygens (including phenoxy) is 1. The summed E-state index contributed by atoms with van der Waals surface area (Å²) in [6, 6.07) is 9.17. The number of nitrogens with zero attached hydrogens (tertiary/aromatic N) is 2. The molecule has 3 aromatic rings. The average Bonchev–Trinajstić information content (AvgIpc) is 2.80. The molecule has 3 rings (SSSR count). The minimum absolute atomic E-state index is 0.126. The highest BCUT2D eigenvalue weighted by Gasteiger charge is 2.18. The first-order valence-electron chi connectivity index (χ1n) is 7.51. The summed E-state index contributed by atoms with van der Waals surface area (Å²) in [5, 5.41) is 9.86. The lowest BCUT2D eigenvalue weighted by Crippen LogP contribution is -2.10. The van der Waals surface area contributed by atoms with E-state index >= 15 is 0 Å². The zero-order valence-electron chi connectivity index (χ0n) is 13.4. The van der Waals surface area contributed by atoms with E-state index in [1.807, 2.05) is 38.1 Å². The molecule has 0 aliphatic rings. The van der Waals surface area contributed by atoms with Crippen molar-refractivity contribution < 1.29 is 14.6 Å². The van der Waals surface area contributed by atoms with Gasteiger partial charge in [-0.1, -0.05) is 23.7 Å². The molecule has 1 aromatic carbocycles. The van der Waals surface area contributed by atoms with Gasteiger partial charge < -0.3 is 14.4 Å². The van der Waals surface area contributed by atoms with Gasteiger partial charge in [0.1, 0.15) is 24.4 Å². The molecule has 24 heavy (non-hydrogen) atoms. The van der Waals surface area contributed by atoms with Crippen molar-refractivity contribution in [1.29, 1.82) is 0 Å². The van der Waals surface area contributed by atoms with Crippen LogP contribution in [0.15, 0.2) is 36.5 Å². The van der Waals surface area contributed by atoms with Crippen LogP contribution < -0.4 is 4.74 Å². The summed E-state index contributed by atoms with van der Waals surface area (Å²) in [5.74, 6) is -0.282. The number of aromatic nitrogens is 2. The molecule has 0 aliphatic heterocycles. The van der Waals surface area contributed by atoms with Gasteiger partial charge in [-0.2, -0.15) is 0 Å². The smallest absolute Gasteiger partial charge is 0.323 e. The standard InChI is InChI=1S/C18H17ClN2O3/c1-11-12(2)21(9-16(22)23)18-15(7-8-20-17(11)18)24-10-13-3-5-14(19)6-4-13/h3-8H,9-10H2,1-2H3,(H,22,23). The van der Waals surface area contributed by atoms with E-state index in [9.17, 15) is 9.90 Å². The number of rotatable bonds is 5. The maximum Gasteiger partial charge on any atom is 0.323 e. The fourth-order valence-electron chi connectivity index (χ4n) is 2.70. The van der Waals surface area contributed by atoms with E-state index in [2.05, 4.69) is 4.98 Å². The number of benzene rings is 1. The molecule has 0 bridgehead atoms. The SMILES string of the molecule is Cc1c(C)n(CC(=O)O)c2c(OCc3ccc(Cl)cc3)ccnc12.